The fourth-order valence-corrected chi connectivity index (χ4v) is 6.01. The van der Waals surface area contributed by atoms with Gasteiger partial charge in [-0.3, -0.25) is 14.7 Å². The van der Waals surface area contributed by atoms with Gasteiger partial charge in [0.1, 0.15) is 18.4 Å². The van der Waals surface area contributed by atoms with Gasteiger partial charge in [0.15, 0.2) is 0 Å². The summed E-state index contributed by atoms with van der Waals surface area (Å²) in [5.41, 5.74) is 19.3. The van der Waals surface area contributed by atoms with Crippen LogP contribution in [-0.4, -0.2) is 59.1 Å². The van der Waals surface area contributed by atoms with Gasteiger partial charge in [-0.25, -0.2) is 8.78 Å². The number of aliphatic hydroxyl groups excluding tert-OH is 1. The summed E-state index contributed by atoms with van der Waals surface area (Å²) in [6.45, 7) is 16.8. The van der Waals surface area contributed by atoms with Gasteiger partial charge in [0.2, 0.25) is 0 Å². The molecule has 2 heterocycles. The van der Waals surface area contributed by atoms with Gasteiger partial charge in [-0.05, 0) is 85.2 Å². The average molecular weight is 720 g/mol. The Kier molecular flexibility index (Phi) is 17.9. The predicted octanol–water partition coefficient (Wildman–Crippen LogP) is 7.35. The average Bonchev–Trinajstić information content (AvgIpc) is 3.89. The number of aliphatic imine (C=N–C) groups is 1. The molecule has 0 radical (unpaired) electrons. The summed E-state index contributed by atoms with van der Waals surface area (Å²) in [6.07, 6.45) is 8.53. The lowest BCUT2D eigenvalue weighted by Crippen LogP contribution is -2.24. The number of hydrogen-bond acceptors (Lipinski definition) is 8. The molecule has 1 aliphatic carbocycles. The number of aliphatic hydroxyl groups is 1. The van der Waals surface area contributed by atoms with Gasteiger partial charge in [0.05, 0.1) is 23.6 Å². The number of carbonyl (C=O) groups is 1. The molecule has 0 aliphatic heterocycles. The van der Waals surface area contributed by atoms with Gasteiger partial charge in [-0.15, -0.1) is 0 Å². The molecule has 5 rings (SSSR count). The molecule has 11 heteroatoms. The molecule has 2 unspecified atom stereocenters. The molecule has 2 aromatic carbocycles. The number of nitrogens with two attached hydrogens (primary N) is 2. The van der Waals surface area contributed by atoms with E-state index in [0.717, 1.165) is 63.7 Å². The Labute approximate surface area is 309 Å². The van der Waals surface area contributed by atoms with Crippen LogP contribution in [0.4, 0.5) is 14.5 Å². The second kappa shape index (κ2) is 21.3. The summed E-state index contributed by atoms with van der Waals surface area (Å²) in [4.78, 5) is 17.8. The third-order valence-electron chi connectivity index (χ3n) is 8.91. The van der Waals surface area contributed by atoms with Crippen molar-refractivity contribution >= 4 is 18.7 Å². The lowest BCUT2D eigenvalue weighted by atomic mass is 9.87. The van der Waals surface area contributed by atoms with Crippen molar-refractivity contribution in [2.24, 2.45) is 17.8 Å². The van der Waals surface area contributed by atoms with E-state index < -0.39 is 11.6 Å². The second-order valence-electron chi connectivity index (χ2n) is 13.0. The number of nitrogens with zero attached hydrogens (tertiary/aromatic N) is 4. The third kappa shape index (κ3) is 11.1. The Hall–Kier alpha value is -4.32. The topological polar surface area (TPSA) is 144 Å². The van der Waals surface area contributed by atoms with E-state index in [-0.39, 0.29) is 29.9 Å². The van der Waals surface area contributed by atoms with Crippen molar-refractivity contribution in [3.05, 3.63) is 99.0 Å². The highest BCUT2D eigenvalue weighted by atomic mass is 19.1. The fourth-order valence-electron chi connectivity index (χ4n) is 6.01. The third-order valence-corrected chi connectivity index (χ3v) is 8.91. The van der Waals surface area contributed by atoms with Crippen molar-refractivity contribution in [3.8, 4) is 11.3 Å². The van der Waals surface area contributed by atoms with Crippen LogP contribution in [0, 0.1) is 18.6 Å². The van der Waals surface area contributed by atoms with Crippen LogP contribution in [0.2, 0.25) is 0 Å². The Morgan fingerprint density at radius 3 is 2.31 bits per heavy atom. The Balaban J connectivity index is 0.00000148. The highest BCUT2D eigenvalue weighted by molar-refractivity contribution is 5.88. The number of pyridine rings is 1. The number of benzene rings is 2. The summed E-state index contributed by atoms with van der Waals surface area (Å²) in [6, 6.07) is 9.18. The zero-order chi connectivity index (χ0) is 39.1. The predicted molar refractivity (Wildman–Crippen MR) is 210 cm³/mol. The summed E-state index contributed by atoms with van der Waals surface area (Å²) in [5.74, 6) is -1.79. The van der Waals surface area contributed by atoms with Gasteiger partial charge in [0.25, 0.3) is 0 Å². The van der Waals surface area contributed by atoms with E-state index in [0.29, 0.717) is 36.8 Å². The minimum atomic E-state index is -0.653. The maximum atomic E-state index is 15.6. The van der Waals surface area contributed by atoms with Crippen molar-refractivity contribution in [3.63, 3.8) is 0 Å². The van der Waals surface area contributed by atoms with Crippen LogP contribution in [0.3, 0.4) is 0 Å². The van der Waals surface area contributed by atoms with E-state index in [4.69, 9.17) is 15.5 Å². The Morgan fingerprint density at radius 1 is 1.08 bits per heavy atom. The number of hydrogen-bond donors (Lipinski definition) is 4. The number of halogens is 2. The monoisotopic (exact) mass is 719 g/mol. The molecule has 1 aliphatic rings. The minimum Gasteiger partial charge on any atom is -0.398 e. The van der Waals surface area contributed by atoms with Gasteiger partial charge in [0, 0.05) is 79.4 Å². The summed E-state index contributed by atoms with van der Waals surface area (Å²) < 4.78 is 32.1. The maximum Gasteiger partial charge on any atom is 0.135 e. The molecule has 1 saturated carbocycles. The molecule has 0 spiro atoms. The number of rotatable bonds is 13. The first kappa shape index (κ1) is 43.8. The van der Waals surface area contributed by atoms with Crippen LogP contribution < -0.4 is 16.8 Å². The van der Waals surface area contributed by atoms with Gasteiger partial charge >= 0.3 is 0 Å². The molecule has 52 heavy (non-hydrogen) atoms. The van der Waals surface area contributed by atoms with Crippen LogP contribution >= 0.6 is 0 Å². The van der Waals surface area contributed by atoms with Crippen LogP contribution in [0.5, 0.6) is 0 Å². The number of aromatic nitrogens is 3. The van der Waals surface area contributed by atoms with E-state index in [1.54, 1.807) is 10.7 Å². The van der Waals surface area contributed by atoms with E-state index in [2.05, 4.69) is 33.3 Å². The molecular formula is C41H59F2N7O2. The smallest absolute Gasteiger partial charge is 0.135 e. The molecule has 0 amide bonds. The molecule has 4 aromatic rings. The SMILES string of the molecule is C=O.CC.CCc1c(C(C)CO)cc(C(CNCc2cc(C)c(N)c(C=NC3CC3)c2)c2cnn(C)c2)nc1-c1cc(C(C)C)c(F)cc1F.CN. The molecule has 2 atom stereocenters. The molecule has 0 bridgehead atoms. The Bertz CT molecular complexity index is 1750. The number of anilines is 1. The van der Waals surface area contributed by atoms with Crippen LogP contribution in [0.25, 0.3) is 11.3 Å². The summed E-state index contributed by atoms with van der Waals surface area (Å²) >= 11 is 0. The van der Waals surface area contributed by atoms with Crippen molar-refractivity contribution in [1.82, 2.24) is 20.1 Å². The van der Waals surface area contributed by atoms with Crippen molar-refractivity contribution in [2.75, 3.05) is 25.9 Å². The van der Waals surface area contributed by atoms with Crippen molar-refractivity contribution in [1.29, 1.82) is 0 Å². The Morgan fingerprint density at radius 2 is 1.75 bits per heavy atom. The summed E-state index contributed by atoms with van der Waals surface area (Å²) in [5, 5.41) is 18.3. The van der Waals surface area contributed by atoms with Crippen LogP contribution in [0.1, 0.15) is 117 Å². The number of carbonyl (C=O) groups excluding carboxylic acids is 1. The lowest BCUT2D eigenvalue weighted by Gasteiger charge is -2.24. The molecule has 284 valence electrons. The van der Waals surface area contributed by atoms with Gasteiger partial charge in [-0.1, -0.05) is 47.6 Å². The van der Waals surface area contributed by atoms with Crippen LogP contribution in [-0.2, 0) is 24.8 Å². The number of nitrogen functional groups attached to an aromatic ring is 1. The van der Waals surface area contributed by atoms with Crippen molar-refractivity contribution in [2.45, 2.75) is 98.1 Å². The highest BCUT2D eigenvalue weighted by Crippen LogP contribution is 2.37. The molecule has 9 nitrogen and oxygen atoms in total. The van der Waals surface area contributed by atoms with E-state index in [9.17, 15) is 9.50 Å². The lowest BCUT2D eigenvalue weighted by molar-refractivity contribution is -0.0980. The highest BCUT2D eigenvalue weighted by Gasteiger charge is 2.26. The van der Waals surface area contributed by atoms with Gasteiger partial charge in [-0.2, -0.15) is 5.10 Å². The van der Waals surface area contributed by atoms with E-state index >= 15 is 4.39 Å². The molecule has 1 fully saturated rings. The first-order chi connectivity index (χ1) is 25.0. The first-order valence-corrected chi connectivity index (χ1v) is 18.1. The first-order valence-electron chi connectivity index (χ1n) is 18.1. The molecule has 0 saturated heterocycles. The minimum absolute atomic E-state index is 0.0717. The van der Waals surface area contributed by atoms with E-state index in [1.807, 2.05) is 87.0 Å². The van der Waals surface area contributed by atoms with E-state index in [1.165, 1.54) is 7.05 Å². The fraction of sp³-hybridized carbons (Fsp3) is 0.463. The standard InChI is InChI=1S/C37H46F2N6O.C2H6.CH5N.CH2O/c1-7-28-30(23(5)20-46)13-35(44-37(28)31-12-29(21(2)3)33(38)14-34(31)39)32(26-17-43-45(6)19-26)18-41-15-24-10-22(4)36(40)25(11-24)16-42-27-8-9-27;3*1-2/h10-14,16-17,19,21,23,27,32,41,46H,7-9,15,18,20,40H2,1-6H3;1-2H3;2H2,1H3;1H2. The van der Waals surface area contributed by atoms with Gasteiger partial charge < -0.3 is 26.7 Å². The number of nitrogens with one attached hydrogen (secondary N) is 1. The quantitative estimate of drug-likeness (QED) is 0.0836. The zero-order valence-electron chi connectivity index (χ0n) is 32.4. The van der Waals surface area contributed by atoms with Crippen molar-refractivity contribution < 1.29 is 18.7 Å². The molecule has 6 N–H and O–H groups in total. The number of aryl methyl sites for hydroxylation is 2. The second-order valence-corrected chi connectivity index (χ2v) is 13.0. The largest absolute Gasteiger partial charge is 0.398 e. The normalized spacial score (nSPS) is 13.4. The molecule has 2 aromatic heterocycles. The summed E-state index contributed by atoms with van der Waals surface area (Å²) in [7, 11) is 3.37. The molecular weight excluding hydrogens is 660 g/mol. The zero-order valence-corrected chi connectivity index (χ0v) is 32.4. The maximum absolute atomic E-state index is 15.6. The van der Waals surface area contributed by atoms with Crippen LogP contribution in [0.15, 0.2) is 47.7 Å².